The predicted molar refractivity (Wildman–Crippen MR) is 111 cm³/mol. The summed E-state index contributed by atoms with van der Waals surface area (Å²) in [6.07, 6.45) is 9.88. The van der Waals surface area contributed by atoms with E-state index in [4.69, 9.17) is 4.74 Å². The molecular formula is C25H24O. The fraction of sp³-hybridized carbons (Fsp3) is 0.120. The van der Waals surface area contributed by atoms with Crippen molar-refractivity contribution in [3.63, 3.8) is 0 Å². The van der Waals surface area contributed by atoms with Crippen molar-refractivity contribution in [2.45, 2.75) is 12.3 Å². The number of benzene rings is 3. The maximum atomic E-state index is 5.21. The van der Waals surface area contributed by atoms with E-state index in [0.717, 1.165) is 12.2 Å². The van der Waals surface area contributed by atoms with E-state index >= 15 is 0 Å². The Labute approximate surface area is 156 Å². The summed E-state index contributed by atoms with van der Waals surface area (Å²) >= 11 is 0. The molecule has 0 aliphatic heterocycles. The normalized spacial score (nSPS) is 12.5. The summed E-state index contributed by atoms with van der Waals surface area (Å²) in [5.41, 5.74) is 3.75. The SMILES string of the molecule is COc1ccc(/C=C/CC(/C=C/c2ccccc2)c2ccccc2)cc1. The third kappa shape index (κ3) is 5.22. The Bertz CT molecular complexity index is 830. The molecule has 0 amide bonds. The molecule has 0 heterocycles. The molecule has 0 saturated carbocycles. The van der Waals surface area contributed by atoms with Gasteiger partial charge in [0, 0.05) is 5.92 Å². The molecule has 3 rings (SSSR count). The third-order valence-electron chi connectivity index (χ3n) is 4.36. The van der Waals surface area contributed by atoms with Gasteiger partial charge in [0.15, 0.2) is 0 Å². The lowest BCUT2D eigenvalue weighted by Crippen LogP contribution is -1.93. The smallest absolute Gasteiger partial charge is 0.118 e. The standard InChI is InChI=1S/C25H24O/c1-26-25-19-16-22(17-20-25)11-8-14-24(23-12-6-3-7-13-23)18-15-21-9-4-2-5-10-21/h2-13,15-20,24H,14H2,1H3/b11-8+,18-15+. The first-order valence-electron chi connectivity index (χ1n) is 8.94. The van der Waals surface area contributed by atoms with Gasteiger partial charge in [0.2, 0.25) is 0 Å². The van der Waals surface area contributed by atoms with E-state index in [1.165, 1.54) is 16.7 Å². The Morgan fingerprint density at radius 2 is 1.35 bits per heavy atom. The zero-order valence-corrected chi connectivity index (χ0v) is 15.1. The Kier molecular flexibility index (Phi) is 6.44. The largest absolute Gasteiger partial charge is 0.497 e. The lowest BCUT2D eigenvalue weighted by molar-refractivity contribution is 0.415. The summed E-state index contributed by atoms with van der Waals surface area (Å²) in [6, 6.07) is 29.2. The van der Waals surface area contributed by atoms with Gasteiger partial charge >= 0.3 is 0 Å². The van der Waals surface area contributed by atoms with Crippen LogP contribution in [0.2, 0.25) is 0 Å². The number of allylic oxidation sites excluding steroid dienone is 2. The quantitative estimate of drug-likeness (QED) is 0.471. The second-order valence-electron chi connectivity index (χ2n) is 6.20. The van der Waals surface area contributed by atoms with Crippen LogP contribution in [0.5, 0.6) is 5.75 Å². The summed E-state index contributed by atoms with van der Waals surface area (Å²) in [4.78, 5) is 0. The molecule has 130 valence electrons. The Balaban J connectivity index is 1.73. The van der Waals surface area contributed by atoms with Crippen LogP contribution in [0.1, 0.15) is 29.0 Å². The summed E-state index contributed by atoms with van der Waals surface area (Å²) < 4.78 is 5.21. The van der Waals surface area contributed by atoms with Crippen LogP contribution in [0.25, 0.3) is 12.2 Å². The van der Waals surface area contributed by atoms with Crippen LogP contribution in [0.15, 0.2) is 97.1 Å². The van der Waals surface area contributed by atoms with Crippen molar-refractivity contribution in [2.24, 2.45) is 0 Å². The summed E-state index contributed by atoms with van der Waals surface area (Å²) in [7, 11) is 1.69. The minimum atomic E-state index is 0.353. The van der Waals surface area contributed by atoms with Crippen LogP contribution in [0.3, 0.4) is 0 Å². The van der Waals surface area contributed by atoms with E-state index in [9.17, 15) is 0 Å². The molecule has 1 heteroatoms. The van der Waals surface area contributed by atoms with Crippen molar-refractivity contribution in [1.29, 1.82) is 0 Å². The first kappa shape index (κ1) is 17.8. The molecule has 1 unspecified atom stereocenters. The van der Waals surface area contributed by atoms with Crippen molar-refractivity contribution in [3.05, 3.63) is 114 Å². The molecule has 0 radical (unpaired) electrons. The molecule has 3 aromatic carbocycles. The summed E-state index contributed by atoms with van der Waals surface area (Å²) in [6.45, 7) is 0. The van der Waals surface area contributed by atoms with Crippen LogP contribution in [0.4, 0.5) is 0 Å². The number of hydrogen-bond acceptors (Lipinski definition) is 1. The highest BCUT2D eigenvalue weighted by Gasteiger charge is 2.05. The monoisotopic (exact) mass is 340 g/mol. The highest BCUT2D eigenvalue weighted by molar-refractivity contribution is 5.53. The fourth-order valence-electron chi connectivity index (χ4n) is 2.88. The second kappa shape index (κ2) is 9.43. The average molecular weight is 340 g/mol. The maximum Gasteiger partial charge on any atom is 0.118 e. The van der Waals surface area contributed by atoms with Gasteiger partial charge in [0.1, 0.15) is 5.75 Å². The van der Waals surface area contributed by atoms with Gasteiger partial charge in [-0.15, -0.1) is 0 Å². The number of methoxy groups -OCH3 is 1. The van der Waals surface area contributed by atoms with Crippen molar-refractivity contribution in [3.8, 4) is 5.75 Å². The van der Waals surface area contributed by atoms with Gasteiger partial charge in [-0.2, -0.15) is 0 Å². The highest BCUT2D eigenvalue weighted by Crippen LogP contribution is 2.23. The minimum absolute atomic E-state index is 0.353. The van der Waals surface area contributed by atoms with Crippen molar-refractivity contribution in [1.82, 2.24) is 0 Å². The van der Waals surface area contributed by atoms with E-state index in [1.54, 1.807) is 7.11 Å². The van der Waals surface area contributed by atoms with Crippen LogP contribution in [0, 0.1) is 0 Å². The van der Waals surface area contributed by atoms with Crippen molar-refractivity contribution >= 4 is 12.2 Å². The van der Waals surface area contributed by atoms with Crippen LogP contribution >= 0.6 is 0 Å². The topological polar surface area (TPSA) is 9.23 Å². The Morgan fingerprint density at radius 3 is 2.00 bits per heavy atom. The van der Waals surface area contributed by atoms with E-state index in [2.05, 4.69) is 91.0 Å². The van der Waals surface area contributed by atoms with Crippen LogP contribution < -0.4 is 4.74 Å². The van der Waals surface area contributed by atoms with Gasteiger partial charge in [-0.1, -0.05) is 97.1 Å². The molecule has 0 saturated heterocycles. The van der Waals surface area contributed by atoms with E-state index in [-0.39, 0.29) is 0 Å². The molecule has 0 aromatic heterocycles. The number of ether oxygens (including phenoxy) is 1. The fourth-order valence-corrected chi connectivity index (χ4v) is 2.88. The lowest BCUT2D eigenvalue weighted by Gasteiger charge is -2.11. The van der Waals surface area contributed by atoms with Gasteiger partial charge in [-0.3, -0.25) is 0 Å². The highest BCUT2D eigenvalue weighted by atomic mass is 16.5. The molecule has 1 atom stereocenters. The molecule has 26 heavy (non-hydrogen) atoms. The molecule has 0 spiro atoms. The molecule has 0 bridgehead atoms. The van der Waals surface area contributed by atoms with Gasteiger partial charge in [0.25, 0.3) is 0 Å². The van der Waals surface area contributed by atoms with Gasteiger partial charge in [-0.25, -0.2) is 0 Å². The minimum Gasteiger partial charge on any atom is -0.497 e. The average Bonchev–Trinajstić information content (AvgIpc) is 2.72. The maximum absolute atomic E-state index is 5.21. The molecule has 0 N–H and O–H groups in total. The third-order valence-corrected chi connectivity index (χ3v) is 4.36. The summed E-state index contributed by atoms with van der Waals surface area (Å²) in [5, 5.41) is 0. The van der Waals surface area contributed by atoms with E-state index in [0.29, 0.717) is 5.92 Å². The zero-order valence-electron chi connectivity index (χ0n) is 15.1. The first-order valence-corrected chi connectivity index (χ1v) is 8.94. The molecule has 0 aliphatic carbocycles. The summed E-state index contributed by atoms with van der Waals surface area (Å²) in [5.74, 6) is 1.24. The van der Waals surface area contributed by atoms with E-state index in [1.807, 2.05) is 18.2 Å². The molecule has 1 nitrogen and oxygen atoms in total. The molecule has 3 aromatic rings. The lowest BCUT2D eigenvalue weighted by atomic mass is 9.94. The van der Waals surface area contributed by atoms with Crippen LogP contribution in [-0.2, 0) is 0 Å². The van der Waals surface area contributed by atoms with Gasteiger partial charge in [-0.05, 0) is 35.2 Å². The first-order chi connectivity index (χ1) is 12.8. The molecule has 0 fully saturated rings. The predicted octanol–water partition coefficient (Wildman–Crippen LogP) is 6.60. The Hall–Kier alpha value is -3.06. The molecular weight excluding hydrogens is 316 g/mol. The van der Waals surface area contributed by atoms with Crippen molar-refractivity contribution in [2.75, 3.05) is 7.11 Å². The second-order valence-corrected chi connectivity index (χ2v) is 6.20. The van der Waals surface area contributed by atoms with Gasteiger partial charge in [0.05, 0.1) is 7.11 Å². The number of rotatable bonds is 7. The van der Waals surface area contributed by atoms with Crippen LogP contribution in [-0.4, -0.2) is 7.11 Å². The molecule has 0 aliphatic rings. The van der Waals surface area contributed by atoms with Crippen molar-refractivity contribution < 1.29 is 4.74 Å². The zero-order chi connectivity index (χ0) is 18.0. The number of hydrogen-bond donors (Lipinski definition) is 0. The van der Waals surface area contributed by atoms with Gasteiger partial charge < -0.3 is 4.74 Å². The van der Waals surface area contributed by atoms with E-state index < -0.39 is 0 Å². The Morgan fingerprint density at radius 1 is 0.731 bits per heavy atom.